The first-order chi connectivity index (χ1) is 5.11. The van der Waals surface area contributed by atoms with E-state index in [0.29, 0.717) is 0 Å². The lowest BCUT2D eigenvalue weighted by Gasteiger charge is -2.09. The van der Waals surface area contributed by atoms with Crippen molar-refractivity contribution in [1.29, 1.82) is 0 Å². The van der Waals surface area contributed by atoms with Crippen LogP contribution in [0.3, 0.4) is 0 Å². The Balaban J connectivity index is 2.57. The molecule has 1 rings (SSSR count). The molecule has 0 heterocycles. The molecule has 0 bridgehead atoms. The van der Waals surface area contributed by atoms with Gasteiger partial charge in [-0.25, -0.2) is 13.6 Å². The minimum Gasteiger partial charge on any atom is -0.228 e. The minimum atomic E-state index is -3.25. The standard InChI is InChI=1S/C7H15NO2S/c8-11(9,10)7-5-3-1-2-4-6-7/h7H,1-6H2,(H2,8,9,10). The van der Waals surface area contributed by atoms with E-state index in [9.17, 15) is 8.42 Å². The largest absolute Gasteiger partial charge is 0.228 e. The molecule has 1 aliphatic carbocycles. The van der Waals surface area contributed by atoms with Crippen molar-refractivity contribution in [2.45, 2.75) is 43.8 Å². The topological polar surface area (TPSA) is 60.2 Å². The van der Waals surface area contributed by atoms with Crippen LogP contribution in [-0.2, 0) is 10.0 Å². The van der Waals surface area contributed by atoms with Gasteiger partial charge in [-0.1, -0.05) is 25.7 Å². The van der Waals surface area contributed by atoms with Crippen molar-refractivity contribution in [2.24, 2.45) is 5.14 Å². The SMILES string of the molecule is NS(=O)(=O)C1CCCCCC1. The Bertz CT molecular complexity index is 202. The maximum absolute atomic E-state index is 10.9. The van der Waals surface area contributed by atoms with E-state index in [1.165, 1.54) is 0 Å². The van der Waals surface area contributed by atoms with Crippen molar-refractivity contribution in [3.8, 4) is 0 Å². The van der Waals surface area contributed by atoms with Gasteiger partial charge in [0, 0.05) is 0 Å². The van der Waals surface area contributed by atoms with Gasteiger partial charge in [-0.15, -0.1) is 0 Å². The predicted molar refractivity (Wildman–Crippen MR) is 44.6 cm³/mol. The van der Waals surface area contributed by atoms with Crippen molar-refractivity contribution >= 4 is 10.0 Å². The lowest BCUT2D eigenvalue weighted by Crippen LogP contribution is -2.27. The number of sulfonamides is 1. The van der Waals surface area contributed by atoms with Crippen molar-refractivity contribution in [1.82, 2.24) is 0 Å². The highest BCUT2D eigenvalue weighted by Gasteiger charge is 2.21. The molecule has 0 aromatic heterocycles. The van der Waals surface area contributed by atoms with E-state index in [-0.39, 0.29) is 5.25 Å². The van der Waals surface area contributed by atoms with Crippen LogP contribution in [0.5, 0.6) is 0 Å². The maximum Gasteiger partial charge on any atom is 0.211 e. The van der Waals surface area contributed by atoms with Gasteiger partial charge in [0.1, 0.15) is 0 Å². The smallest absolute Gasteiger partial charge is 0.211 e. The van der Waals surface area contributed by atoms with Gasteiger partial charge in [0.2, 0.25) is 10.0 Å². The highest BCUT2D eigenvalue weighted by atomic mass is 32.2. The van der Waals surface area contributed by atoms with Crippen LogP contribution in [0.25, 0.3) is 0 Å². The molecule has 4 heteroatoms. The molecule has 1 saturated carbocycles. The van der Waals surface area contributed by atoms with Crippen molar-refractivity contribution in [2.75, 3.05) is 0 Å². The molecule has 1 fully saturated rings. The van der Waals surface area contributed by atoms with Gasteiger partial charge >= 0.3 is 0 Å². The van der Waals surface area contributed by atoms with E-state index < -0.39 is 10.0 Å². The van der Waals surface area contributed by atoms with Gasteiger partial charge < -0.3 is 0 Å². The average molecular weight is 177 g/mol. The number of nitrogens with two attached hydrogens (primary N) is 1. The molecule has 1 aliphatic rings. The summed E-state index contributed by atoms with van der Waals surface area (Å²) in [7, 11) is -3.25. The van der Waals surface area contributed by atoms with Crippen molar-refractivity contribution < 1.29 is 8.42 Å². The second kappa shape index (κ2) is 3.54. The molecule has 0 aromatic rings. The van der Waals surface area contributed by atoms with Crippen molar-refractivity contribution in [3.05, 3.63) is 0 Å². The van der Waals surface area contributed by atoms with Gasteiger partial charge in [-0.05, 0) is 12.8 Å². The summed E-state index contributed by atoms with van der Waals surface area (Å²) in [6, 6.07) is 0. The zero-order chi connectivity index (χ0) is 8.32. The molecule has 11 heavy (non-hydrogen) atoms. The lowest BCUT2D eigenvalue weighted by molar-refractivity contribution is 0.564. The molecule has 66 valence electrons. The normalized spacial score (nSPS) is 23.0. The molecule has 0 amide bonds. The molecule has 0 unspecified atom stereocenters. The van der Waals surface area contributed by atoms with Gasteiger partial charge in [-0.3, -0.25) is 0 Å². The Kier molecular flexibility index (Phi) is 2.90. The zero-order valence-corrected chi connectivity index (χ0v) is 7.44. The van der Waals surface area contributed by atoms with Gasteiger partial charge in [-0.2, -0.15) is 0 Å². The fraction of sp³-hybridized carbons (Fsp3) is 1.00. The Labute approximate surface area is 68.0 Å². The van der Waals surface area contributed by atoms with E-state index in [0.717, 1.165) is 38.5 Å². The number of primary sulfonamides is 1. The van der Waals surface area contributed by atoms with Crippen LogP contribution in [0.15, 0.2) is 0 Å². The summed E-state index contributed by atoms with van der Waals surface area (Å²) >= 11 is 0. The molecule has 2 N–H and O–H groups in total. The van der Waals surface area contributed by atoms with Gasteiger partial charge in [0.25, 0.3) is 0 Å². The highest BCUT2D eigenvalue weighted by molar-refractivity contribution is 7.89. The summed E-state index contributed by atoms with van der Waals surface area (Å²) in [5.74, 6) is 0. The summed E-state index contributed by atoms with van der Waals surface area (Å²) < 4.78 is 21.8. The summed E-state index contributed by atoms with van der Waals surface area (Å²) in [6.07, 6.45) is 5.87. The van der Waals surface area contributed by atoms with Gasteiger partial charge in [0.05, 0.1) is 5.25 Å². The third-order valence-corrected chi connectivity index (χ3v) is 3.67. The van der Waals surface area contributed by atoms with Crippen LogP contribution >= 0.6 is 0 Å². The summed E-state index contributed by atoms with van der Waals surface area (Å²) in [6.45, 7) is 0. The monoisotopic (exact) mass is 177 g/mol. The van der Waals surface area contributed by atoms with Crippen LogP contribution < -0.4 is 5.14 Å². The third kappa shape index (κ3) is 2.79. The van der Waals surface area contributed by atoms with Crippen LogP contribution in [0, 0.1) is 0 Å². The quantitative estimate of drug-likeness (QED) is 0.607. The fourth-order valence-electron chi connectivity index (χ4n) is 1.57. The first-order valence-electron chi connectivity index (χ1n) is 4.12. The second-order valence-electron chi connectivity index (χ2n) is 3.20. The molecular weight excluding hydrogens is 162 g/mol. The average Bonchev–Trinajstić information content (AvgIpc) is 2.10. The lowest BCUT2D eigenvalue weighted by atomic mass is 10.2. The predicted octanol–water partition coefficient (Wildman–Crippen LogP) is 0.998. The number of rotatable bonds is 1. The van der Waals surface area contributed by atoms with E-state index in [2.05, 4.69) is 0 Å². The summed E-state index contributed by atoms with van der Waals surface area (Å²) in [4.78, 5) is 0. The Hall–Kier alpha value is -0.0900. The van der Waals surface area contributed by atoms with E-state index in [4.69, 9.17) is 5.14 Å². The number of hydrogen-bond donors (Lipinski definition) is 1. The molecule has 0 spiro atoms. The van der Waals surface area contributed by atoms with E-state index in [1.54, 1.807) is 0 Å². The molecule has 0 radical (unpaired) electrons. The summed E-state index contributed by atoms with van der Waals surface area (Å²) in [5.41, 5.74) is 0. The zero-order valence-electron chi connectivity index (χ0n) is 6.62. The van der Waals surface area contributed by atoms with Crippen LogP contribution in [-0.4, -0.2) is 13.7 Å². The van der Waals surface area contributed by atoms with E-state index in [1.807, 2.05) is 0 Å². The second-order valence-corrected chi connectivity index (χ2v) is 5.05. The molecular formula is C7H15NO2S. The Morgan fingerprint density at radius 2 is 1.45 bits per heavy atom. The fourth-order valence-corrected chi connectivity index (χ4v) is 2.56. The Morgan fingerprint density at radius 1 is 1.00 bits per heavy atom. The minimum absolute atomic E-state index is 0.259. The molecule has 0 atom stereocenters. The first kappa shape index (κ1) is 9.00. The third-order valence-electron chi connectivity index (χ3n) is 2.27. The van der Waals surface area contributed by atoms with Crippen LogP contribution in [0.4, 0.5) is 0 Å². The van der Waals surface area contributed by atoms with Crippen LogP contribution in [0.1, 0.15) is 38.5 Å². The van der Waals surface area contributed by atoms with Gasteiger partial charge in [0.15, 0.2) is 0 Å². The maximum atomic E-state index is 10.9. The summed E-state index contributed by atoms with van der Waals surface area (Å²) in [5, 5.41) is 4.79. The molecule has 3 nitrogen and oxygen atoms in total. The highest BCUT2D eigenvalue weighted by Crippen LogP contribution is 2.21. The molecule has 0 aliphatic heterocycles. The van der Waals surface area contributed by atoms with Crippen molar-refractivity contribution in [3.63, 3.8) is 0 Å². The van der Waals surface area contributed by atoms with Crippen LogP contribution in [0.2, 0.25) is 0 Å². The number of hydrogen-bond acceptors (Lipinski definition) is 2. The Morgan fingerprint density at radius 3 is 1.82 bits per heavy atom. The van der Waals surface area contributed by atoms with E-state index >= 15 is 0 Å². The first-order valence-corrected chi connectivity index (χ1v) is 5.73. The molecule has 0 saturated heterocycles. The molecule has 0 aromatic carbocycles.